The summed E-state index contributed by atoms with van der Waals surface area (Å²) in [6, 6.07) is 8.94. The van der Waals surface area contributed by atoms with Crippen molar-refractivity contribution < 1.29 is 41.0 Å². The molecule has 0 saturated carbocycles. The number of nitrogens with one attached hydrogen (secondary N) is 1. The predicted octanol–water partition coefficient (Wildman–Crippen LogP) is 4.22. The fourth-order valence-electron chi connectivity index (χ4n) is 6.96. The second kappa shape index (κ2) is 15.3. The molecule has 2 aromatic rings. The first-order chi connectivity index (χ1) is 22.9. The summed E-state index contributed by atoms with van der Waals surface area (Å²) in [5.41, 5.74) is 7.57. The number of amides is 1. The number of nitrogens with zero attached hydrogens (tertiary/aromatic N) is 2. The highest BCUT2D eigenvalue weighted by Gasteiger charge is 2.44. The maximum absolute atomic E-state index is 12.3. The van der Waals surface area contributed by atoms with E-state index in [1.165, 1.54) is 24.3 Å². The first-order valence-electron chi connectivity index (χ1n) is 16.9. The third kappa shape index (κ3) is 8.69. The molecular formula is C36H50N4O7S2. The Hall–Kier alpha value is -3.36. The Balaban J connectivity index is 1.53. The number of carbonyl (C=O) groups excluding carboxylic acids is 1. The Morgan fingerprint density at radius 1 is 0.857 bits per heavy atom. The van der Waals surface area contributed by atoms with Crippen molar-refractivity contribution in [3.8, 4) is 0 Å². The first-order valence-corrected chi connectivity index (χ1v) is 19.8. The zero-order chi connectivity index (χ0) is 36.2. The number of allylic oxidation sites excluding steroid dienone is 4. The first kappa shape index (κ1) is 38.4. The molecule has 0 atom stereocenters. The Kier molecular flexibility index (Phi) is 12.0. The summed E-state index contributed by atoms with van der Waals surface area (Å²) in [6.07, 6.45) is 13.0. The molecule has 0 saturated heterocycles. The molecule has 11 nitrogen and oxygen atoms in total. The van der Waals surface area contributed by atoms with Crippen LogP contribution in [-0.4, -0.2) is 68.8 Å². The van der Waals surface area contributed by atoms with Crippen molar-refractivity contribution in [1.29, 1.82) is 0 Å². The van der Waals surface area contributed by atoms with Crippen LogP contribution in [0.5, 0.6) is 0 Å². The van der Waals surface area contributed by atoms with E-state index in [0.29, 0.717) is 19.5 Å². The molecule has 268 valence electrons. The molecule has 0 bridgehead atoms. The number of carbonyl (C=O) groups is 1. The van der Waals surface area contributed by atoms with Gasteiger partial charge in [0.1, 0.15) is 27.3 Å². The fourth-order valence-corrected chi connectivity index (χ4v) is 7.95. The number of anilines is 1. The third-order valence-electron chi connectivity index (χ3n) is 9.74. The molecule has 0 unspecified atom stereocenters. The molecule has 0 fully saturated rings. The summed E-state index contributed by atoms with van der Waals surface area (Å²) in [7, 11) is -7.36. The maximum Gasteiger partial charge on any atom is 0.219 e. The second-order valence-corrected chi connectivity index (χ2v) is 16.7. The van der Waals surface area contributed by atoms with Crippen LogP contribution >= 0.6 is 0 Å². The van der Waals surface area contributed by atoms with Crippen LogP contribution in [0.2, 0.25) is 0 Å². The van der Waals surface area contributed by atoms with Gasteiger partial charge in [0.05, 0.1) is 21.8 Å². The van der Waals surface area contributed by atoms with Gasteiger partial charge < -0.3 is 25.1 Å². The number of hydrogen-bond donors (Lipinski definition) is 2. The Morgan fingerprint density at radius 2 is 1.47 bits per heavy atom. The molecule has 2 aliphatic rings. The normalized spacial score (nSPS) is 17.6. The minimum atomic E-state index is -4.65. The van der Waals surface area contributed by atoms with Crippen LogP contribution in [0.1, 0.15) is 90.2 Å². The summed E-state index contributed by atoms with van der Waals surface area (Å²) < 4.78 is 72.9. The topological polar surface area (TPSA) is 177 Å². The van der Waals surface area contributed by atoms with Crippen molar-refractivity contribution in [1.82, 2.24) is 5.32 Å². The zero-order valence-electron chi connectivity index (χ0n) is 29.3. The van der Waals surface area contributed by atoms with Gasteiger partial charge in [-0.2, -0.15) is 4.58 Å². The van der Waals surface area contributed by atoms with E-state index in [2.05, 4.69) is 16.0 Å². The summed E-state index contributed by atoms with van der Waals surface area (Å²) >= 11 is 0. The van der Waals surface area contributed by atoms with Gasteiger partial charge in [-0.05, 0) is 87.9 Å². The van der Waals surface area contributed by atoms with E-state index in [-0.39, 0.29) is 15.7 Å². The van der Waals surface area contributed by atoms with Crippen LogP contribution in [0, 0.1) is 0 Å². The van der Waals surface area contributed by atoms with Gasteiger partial charge in [-0.3, -0.25) is 4.79 Å². The monoisotopic (exact) mass is 714 g/mol. The van der Waals surface area contributed by atoms with E-state index in [9.17, 15) is 30.7 Å². The summed E-state index contributed by atoms with van der Waals surface area (Å²) in [5.74, 6) is 0.0622. The van der Waals surface area contributed by atoms with Crippen LogP contribution in [0.25, 0.3) is 0 Å². The fraction of sp³-hybridized carbons (Fsp3) is 0.500. The molecule has 2 aromatic carbocycles. The van der Waals surface area contributed by atoms with Crippen LogP contribution in [0.3, 0.4) is 0 Å². The highest BCUT2D eigenvalue weighted by molar-refractivity contribution is 7.86. The van der Waals surface area contributed by atoms with Gasteiger partial charge in [-0.25, -0.2) is 16.8 Å². The largest absolute Gasteiger partial charge is 0.744 e. The molecule has 13 heteroatoms. The van der Waals surface area contributed by atoms with Crippen molar-refractivity contribution in [2.75, 3.05) is 31.6 Å². The van der Waals surface area contributed by atoms with Crippen molar-refractivity contribution in [2.45, 2.75) is 99.7 Å². The van der Waals surface area contributed by atoms with Gasteiger partial charge in [0.15, 0.2) is 5.71 Å². The molecule has 2 aliphatic heterocycles. The smallest absolute Gasteiger partial charge is 0.219 e. The minimum absolute atomic E-state index is 0.0622. The van der Waals surface area contributed by atoms with Gasteiger partial charge >= 0.3 is 0 Å². The quantitative estimate of drug-likeness (QED) is 0.148. The number of quaternary nitrogens is 1. The molecule has 4 N–H and O–H groups in total. The van der Waals surface area contributed by atoms with Crippen LogP contribution < -0.4 is 16.0 Å². The molecule has 0 radical (unpaired) electrons. The zero-order valence-corrected chi connectivity index (χ0v) is 30.9. The van der Waals surface area contributed by atoms with Gasteiger partial charge in [0, 0.05) is 54.0 Å². The van der Waals surface area contributed by atoms with Crippen molar-refractivity contribution >= 4 is 43.2 Å². The molecule has 4 rings (SSSR count). The standard InChI is InChI=1S/C36H50N4O7S2/c1-35(2)28-24-26(48(42,43)44)17-19-30(28)39(5)32(35)14-13-15-33-36(3,4)29-25-27(49(45,46)47)18-20-31(29)40(33)23-12-8-9-16-34(41)38-22-11-7-6-10-21-37/h13-15,17-20,24-25H,6-12,16,21-23,37H2,1-5H3,(H2-,38,41,42,43,44,45,46,47). The molecular weight excluding hydrogens is 665 g/mol. The Morgan fingerprint density at radius 3 is 2.12 bits per heavy atom. The number of unbranched alkanes of at least 4 members (excludes halogenated alkanes) is 5. The lowest BCUT2D eigenvalue weighted by molar-refractivity contribution is -0.401. The molecule has 49 heavy (non-hydrogen) atoms. The van der Waals surface area contributed by atoms with E-state index >= 15 is 0 Å². The Bertz CT molecular complexity index is 1880. The average Bonchev–Trinajstić information content (AvgIpc) is 3.35. The van der Waals surface area contributed by atoms with E-state index in [1.54, 1.807) is 12.1 Å². The van der Waals surface area contributed by atoms with Crippen molar-refractivity contribution in [2.24, 2.45) is 0 Å². The SMILES string of the molecule is C[N+]1=C(C=CC=C2N(CCCCCC(=O)NCCCCCC[NH3+])c3ccc(S(=O)(=O)[O-])cc3C2(C)C)C(C)(C)c2cc(S(=O)(=O)[O-])ccc21. The maximum atomic E-state index is 12.3. The molecule has 1 amide bonds. The van der Waals surface area contributed by atoms with Gasteiger partial charge in [0.25, 0.3) is 0 Å². The molecule has 0 spiro atoms. The number of benzene rings is 2. The molecule has 0 aliphatic carbocycles. The van der Waals surface area contributed by atoms with E-state index in [1.807, 2.05) is 57.5 Å². The third-order valence-corrected chi connectivity index (χ3v) is 11.4. The summed E-state index contributed by atoms with van der Waals surface area (Å²) in [4.78, 5) is 13.9. The minimum Gasteiger partial charge on any atom is -0.744 e. The van der Waals surface area contributed by atoms with E-state index < -0.39 is 31.1 Å². The predicted molar refractivity (Wildman–Crippen MR) is 188 cm³/mol. The van der Waals surface area contributed by atoms with Crippen molar-refractivity contribution in [3.05, 3.63) is 71.5 Å². The lowest BCUT2D eigenvalue weighted by Gasteiger charge is -2.27. The van der Waals surface area contributed by atoms with Gasteiger partial charge in [0.2, 0.25) is 11.6 Å². The van der Waals surface area contributed by atoms with E-state index in [4.69, 9.17) is 0 Å². The lowest BCUT2D eigenvalue weighted by atomic mass is 9.81. The molecule has 0 aromatic heterocycles. The van der Waals surface area contributed by atoms with Crippen LogP contribution in [0.4, 0.5) is 11.4 Å². The van der Waals surface area contributed by atoms with E-state index in [0.717, 1.165) is 85.4 Å². The van der Waals surface area contributed by atoms with Gasteiger partial charge in [-0.1, -0.05) is 32.8 Å². The highest BCUT2D eigenvalue weighted by atomic mass is 32.2. The second-order valence-electron chi connectivity index (χ2n) is 14.0. The summed E-state index contributed by atoms with van der Waals surface area (Å²) in [6.45, 7) is 10.2. The highest BCUT2D eigenvalue weighted by Crippen LogP contribution is 2.49. The van der Waals surface area contributed by atoms with Crippen LogP contribution in [-0.2, 0) is 35.9 Å². The molecule has 2 heterocycles. The number of rotatable bonds is 16. The number of hydrogen-bond acceptors (Lipinski definition) is 8. The summed E-state index contributed by atoms with van der Waals surface area (Å²) in [5, 5.41) is 3.01. The van der Waals surface area contributed by atoms with Gasteiger partial charge in [-0.15, -0.1) is 0 Å². The average molecular weight is 715 g/mol. The van der Waals surface area contributed by atoms with Crippen molar-refractivity contribution in [3.63, 3.8) is 0 Å². The Labute approximate surface area is 291 Å². The lowest BCUT2D eigenvalue weighted by Crippen LogP contribution is -2.50. The number of fused-ring (bicyclic) bond motifs is 2. The van der Waals surface area contributed by atoms with Crippen LogP contribution in [0.15, 0.2) is 70.1 Å².